The Kier molecular flexibility index (Phi) is 4.41. The van der Waals surface area contributed by atoms with Gasteiger partial charge < -0.3 is 4.57 Å². The molecule has 1 saturated carbocycles. The molecule has 2 nitrogen and oxygen atoms in total. The van der Waals surface area contributed by atoms with Gasteiger partial charge in [0.15, 0.2) is 0 Å². The smallest absolute Gasteiger partial charge is 0.144 e. The van der Waals surface area contributed by atoms with Crippen molar-refractivity contribution in [1.29, 1.82) is 0 Å². The SMILES string of the molecule is CC1CCCCC1Cn1c(CCl)nc2cc(F)c(Cl)cc21. The molecule has 0 spiro atoms. The number of nitrogens with zero attached hydrogens (tertiary/aromatic N) is 2. The summed E-state index contributed by atoms with van der Waals surface area (Å²) < 4.78 is 15.7. The number of fused-ring (bicyclic) bond motifs is 1. The molecule has 0 bridgehead atoms. The van der Waals surface area contributed by atoms with Crippen LogP contribution in [0.1, 0.15) is 38.4 Å². The van der Waals surface area contributed by atoms with Crippen LogP contribution in [-0.2, 0) is 12.4 Å². The monoisotopic (exact) mass is 328 g/mol. The lowest BCUT2D eigenvalue weighted by Gasteiger charge is -2.29. The van der Waals surface area contributed by atoms with Gasteiger partial charge in [0.25, 0.3) is 0 Å². The van der Waals surface area contributed by atoms with E-state index in [0.29, 0.717) is 23.2 Å². The van der Waals surface area contributed by atoms with Crippen LogP contribution in [0, 0.1) is 17.7 Å². The van der Waals surface area contributed by atoms with E-state index in [1.807, 2.05) is 0 Å². The number of aromatic nitrogens is 2. The summed E-state index contributed by atoms with van der Waals surface area (Å²) in [5, 5.41) is 0.140. The summed E-state index contributed by atoms with van der Waals surface area (Å²) in [4.78, 5) is 4.46. The molecule has 3 rings (SSSR count). The van der Waals surface area contributed by atoms with Gasteiger partial charge in [0.1, 0.15) is 11.6 Å². The van der Waals surface area contributed by atoms with Gasteiger partial charge in [-0.05, 0) is 24.3 Å². The van der Waals surface area contributed by atoms with E-state index >= 15 is 0 Å². The standard InChI is InChI=1S/C16H19Cl2FN2/c1-10-4-2-3-5-11(10)9-21-15-6-12(18)13(19)7-14(15)20-16(21)8-17/h6-7,10-11H,2-5,8-9H2,1H3. The number of hydrogen-bond acceptors (Lipinski definition) is 1. The molecule has 2 unspecified atom stereocenters. The molecule has 1 heterocycles. The Bertz CT molecular complexity index is 653. The van der Waals surface area contributed by atoms with Gasteiger partial charge in [-0.2, -0.15) is 0 Å². The summed E-state index contributed by atoms with van der Waals surface area (Å²) in [7, 11) is 0. The molecule has 0 amide bonds. The minimum atomic E-state index is -0.430. The van der Waals surface area contributed by atoms with Gasteiger partial charge in [0.2, 0.25) is 0 Å². The molecular formula is C16H19Cl2FN2. The van der Waals surface area contributed by atoms with E-state index in [2.05, 4.69) is 16.5 Å². The van der Waals surface area contributed by atoms with Gasteiger partial charge in [0.05, 0.1) is 21.9 Å². The second-order valence-electron chi connectivity index (χ2n) is 6.05. The van der Waals surface area contributed by atoms with Crippen LogP contribution in [0.5, 0.6) is 0 Å². The van der Waals surface area contributed by atoms with Crippen LogP contribution >= 0.6 is 23.2 Å². The zero-order valence-electron chi connectivity index (χ0n) is 12.1. The van der Waals surface area contributed by atoms with Crippen molar-refractivity contribution in [3.8, 4) is 0 Å². The van der Waals surface area contributed by atoms with E-state index in [1.54, 1.807) is 6.07 Å². The summed E-state index contributed by atoms with van der Waals surface area (Å²) in [6.45, 7) is 3.21. The van der Waals surface area contributed by atoms with Gasteiger partial charge in [-0.3, -0.25) is 0 Å². The van der Waals surface area contributed by atoms with E-state index in [9.17, 15) is 4.39 Å². The number of rotatable bonds is 3. The quantitative estimate of drug-likeness (QED) is 0.690. The summed E-state index contributed by atoms with van der Waals surface area (Å²) in [5.74, 6) is 2.03. The van der Waals surface area contributed by atoms with Gasteiger partial charge in [-0.25, -0.2) is 9.37 Å². The molecule has 0 aliphatic heterocycles. The van der Waals surface area contributed by atoms with Gasteiger partial charge >= 0.3 is 0 Å². The lowest BCUT2D eigenvalue weighted by atomic mass is 9.80. The molecule has 114 valence electrons. The first-order valence-corrected chi connectivity index (χ1v) is 8.41. The first kappa shape index (κ1) is 15.1. The highest BCUT2D eigenvalue weighted by molar-refractivity contribution is 6.31. The van der Waals surface area contributed by atoms with E-state index in [1.165, 1.54) is 31.7 Å². The maximum atomic E-state index is 13.6. The fourth-order valence-electron chi connectivity index (χ4n) is 3.37. The zero-order valence-corrected chi connectivity index (χ0v) is 13.6. The van der Waals surface area contributed by atoms with Gasteiger partial charge in [0, 0.05) is 12.6 Å². The molecule has 21 heavy (non-hydrogen) atoms. The van der Waals surface area contributed by atoms with Crippen molar-refractivity contribution in [3.05, 3.63) is 28.8 Å². The average Bonchev–Trinajstić information content (AvgIpc) is 2.79. The molecule has 2 aromatic rings. The number of benzene rings is 1. The molecule has 1 aromatic heterocycles. The van der Waals surface area contributed by atoms with Crippen molar-refractivity contribution in [3.63, 3.8) is 0 Å². The van der Waals surface area contributed by atoms with E-state index in [-0.39, 0.29) is 5.02 Å². The lowest BCUT2D eigenvalue weighted by Crippen LogP contribution is -2.22. The van der Waals surface area contributed by atoms with Crippen molar-refractivity contribution >= 4 is 34.2 Å². The maximum absolute atomic E-state index is 13.6. The first-order chi connectivity index (χ1) is 10.1. The van der Waals surface area contributed by atoms with Crippen molar-refractivity contribution in [2.45, 2.75) is 45.0 Å². The van der Waals surface area contributed by atoms with Crippen molar-refractivity contribution < 1.29 is 4.39 Å². The number of imidazole rings is 1. The molecule has 1 fully saturated rings. The maximum Gasteiger partial charge on any atom is 0.144 e. The third kappa shape index (κ3) is 2.91. The molecule has 5 heteroatoms. The Morgan fingerprint density at radius 1 is 1.33 bits per heavy atom. The van der Waals surface area contributed by atoms with Crippen LogP contribution in [-0.4, -0.2) is 9.55 Å². The normalized spacial score (nSPS) is 22.9. The van der Waals surface area contributed by atoms with Crippen molar-refractivity contribution in [2.75, 3.05) is 0 Å². The van der Waals surface area contributed by atoms with Gasteiger partial charge in [-0.15, -0.1) is 11.6 Å². The molecule has 1 aliphatic rings. The fraction of sp³-hybridized carbons (Fsp3) is 0.562. The minimum absolute atomic E-state index is 0.140. The molecular weight excluding hydrogens is 310 g/mol. The zero-order chi connectivity index (χ0) is 15.0. The Morgan fingerprint density at radius 2 is 2.10 bits per heavy atom. The van der Waals surface area contributed by atoms with Crippen LogP contribution in [0.15, 0.2) is 12.1 Å². The highest BCUT2D eigenvalue weighted by Gasteiger charge is 2.24. The first-order valence-electron chi connectivity index (χ1n) is 7.50. The number of hydrogen-bond donors (Lipinski definition) is 0. The molecule has 0 radical (unpaired) electrons. The van der Waals surface area contributed by atoms with E-state index in [0.717, 1.165) is 17.9 Å². The Balaban J connectivity index is 2.01. The summed E-state index contributed by atoms with van der Waals surface area (Å²) in [6, 6.07) is 3.07. The predicted molar refractivity (Wildman–Crippen MR) is 85.4 cm³/mol. The van der Waals surface area contributed by atoms with Crippen LogP contribution in [0.25, 0.3) is 11.0 Å². The van der Waals surface area contributed by atoms with E-state index < -0.39 is 5.82 Å². The van der Waals surface area contributed by atoms with E-state index in [4.69, 9.17) is 23.2 Å². The van der Waals surface area contributed by atoms with Crippen LogP contribution in [0.3, 0.4) is 0 Å². The Morgan fingerprint density at radius 3 is 2.81 bits per heavy atom. The Labute approximate surface area is 134 Å². The highest BCUT2D eigenvalue weighted by atomic mass is 35.5. The summed E-state index contributed by atoms with van der Waals surface area (Å²) in [6.07, 6.45) is 5.12. The van der Waals surface area contributed by atoms with Crippen molar-refractivity contribution in [1.82, 2.24) is 9.55 Å². The summed E-state index contributed by atoms with van der Waals surface area (Å²) in [5.41, 5.74) is 1.52. The average molecular weight is 329 g/mol. The Hall–Kier alpha value is -0.800. The van der Waals surface area contributed by atoms with Crippen LogP contribution in [0.2, 0.25) is 5.02 Å². The lowest BCUT2D eigenvalue weighted by molar-refractivity contribution is 0.229. The fourth-order valence-corrected chi connectivity index (χ4v) is 3.74. The van der Waals surface area contributed by atoms with Crippen LogP contribution in [0.4, 0.5) is 4.39 Å². The summed E-state index contributed by atoms with van der Waals surface area (Å²) >= 11 is 12.0. The predicted octanol–water partition coefficient (Wildman–Crippen LogP) is 5.39. The minimum Gasteiger partial charge on any atom is -0.327 e. The molecule has 1 aromatic carbocycles. The highest BCUT2D eigenvalue weighted by Crippen LogP contribution is 2.33. The molecule has 1 aliphatic carbocycles. The van der Waals surface area contributed by atoms with Crippen LogP contribution < -0.4 is 0 Å². The molecule has 0 saturated heterocycles. The molecule has 0 N–H and O–H groups in total. The largest absolute Gasteiger partial charge is 0.327 e. The van der Waals surface area contributed by atoms with Crippen molar-refractivity contribution in [2.24, 2.45) is 11.8 Å². The number of halogens is 3. The third-order valence-corrected chi connectivity index (χ3v) is 5.22. The second-order valence-corrected chi connectivity index (χ2v) is 6.72. The third-order valence-electron chi connectivity index (χ3n) is 4.70. The molecule has 2 atom stereocenters. The topological polar surface area (TPSA) is 17.8 Å². The second kappa shape index (κ2) is 6.13. The van der Waals surface area contributed by atoms with Gasteiger partial charge in [-0.1, -0.05) is 37.8 Å². The number of alkyl halides is 1.